The lowest BCUT2D eigenvalue weighted by atomic mass is 9.64. The van der Waals surface area contributed by atoms with Crippen molar-refractivity contribution in [2.24, 2.45) is 11.3 Å². The molecule has 1 aromatic heterocycles. The molecule has 0 saturated heterocycles. The van der Waals surface area contributed by atoms with Gasteiger partial charge in [0, 0.05) is 18.1 Å². The van der Waals surface area contributed by atoms with Gasteiger partial charge in [-0.2, -0.15) is 0 Å². The maximum absolute atomic E-state index is 6.00. The first-order chi connectivity index (χ1) is 9.30. The van der Waals surface area contributed by atoms with Gasteiger partial charge in [0.25, 0.3) is 0 Å². The topological polar surface area (TPSA) is 34.2 Å². The molecule has 3 nitrogen and oxygen atoms in total. The molecule has 0 aliphatic heterocycles. The molecule has 2 atom stereocenters. The number of nitrogens with zero attached hydrogens (tertiary/aromatic N) is 1. The van der Waals surface area contributed by atoms with Gasteiger partial charge in [-0.05, 0) is 31.4 Å². The molecule has 0 bridgehead atoms. The van der Waals surface area contributed by atoms with Crippen LogP contribution in [0, 0.1) is 18.3 Å². The maximum atomic E-state index is 6.00. The summed E-state index contributed by atoms with van der Waals surface area (Å²) in [6.07, 6.45) is 1.38. The Balaban J connectivity index is 1.95. The molecule has 0 radical (unpaired) electrons. The van der Waals surface area contributed by atoms with Crippen LogP contribution < -0.4 is 5.32 Å². The molecule has 20 heavy (non-hydrogen) atoms. The molecule has 1 aliphatic rings. The Bertz CT molecular complexity index is 474. The van der Waals surface area contributed by atoms with Crippen LogP contribution in [0.1, 0.15) is 39.8 Å². The van der Waals surface area contributed by atoms with Crippen LogP contribution in [0.15, 0.2) is 12.1 Å². The molecule has 0 aromatic carbocycles. The van der Waals surface area contributed by atoms with E-state index in [9.17, 15) is 0 Å². The number of pyridine rings is 1. The zero-order chi connectivity index (χ0) is 14.9. The quantitative estimate of drug-likeness (QED) is 0.823. The van der Waals surface area contributed by atoms with Crippen LogP contribution in [0.3, 0.4) is 0 Å². The first-order valence-electron chi connectivity index (χ1n) is 7.32. The maximum Gasteiger partial charge on any atom is 0.129 e. The van der Waals surface area contributed by atoms with Gasteiger partial charge >= 0.3 is 0 Å². The minimum absolute atomic E-state index is 0.140. The smallest absolute Gasteiger partial charge is 0.129 e. The highest BCUT2D eigenvalue weighted by Gasteiger charge is 2.49. The molecular formula is C16H25ClN2O. The summed E-state index contributed by atoms with van der Waals surface area (Å²) in [7, 11) is 0. The molecule has 1 aromatic rings. The molecule has 2 rings (SSSR count). The summed E-state index contributed by atoms with van der Waals surface area (Å²) in [6, 6.07) is 4.25. The van der Waals surface area contributed by atoms with Gasteiger partial charge in [-0.1, -0.05) is 39.3 Å². The lowest BCUT2D eigenvalue weighted by Crippen LogP contribution is -2.58. The second-order valence-corrected chi connectivity index (χ2v) is 7.12. The lowest BCUT2D eigenvalue weighted by molar-refractivity contribution is -0.108. The van der Waals surface area contributed by atoms with E-state index in [-0.39, 0.29) is 5.41 Å². The largest absolute Gasteiger partial charge is 0.380 e. The second-order valence-electron chi connectivity index (χ2n) is 6.74. The zero-order valence-electron chi connectivity index (χ0n) is 13.0. The first kappa shape index (κ1) is 15.6. The van der Waals surface area contributed by atoms with Crippen LogP contribution >= 0.6 is 11.6 Å². The third-order valence-corrected chi connectivity index (χ3v) is 4.40. The van der Waals surface area contributed by atoms with E-state index in [1.54, 1.807) is 0 Å². The normalized spacial score (nSPS) is 24.6. The molecule has 112 valence electrons. The number of anilines is 1. The number of aryl methyl sites for hydroxylation is 1. The zero-order valence-corrected chi connectivity index (χ0v) is 13.8. The van der Waals surface area contributed by atoms with E-state index in [1.807, 2.05) is 19.1 Å². The van der Waals surface area contributed by atoms with Crippen molar-refractivity contribution in [3.63, 3.8) is 0 Å². The van der Waals surface area contributed by atoms with Crippen LogP contribution in [0.5, 0.6) is 0 Å². The third kappa shape index (κ3) is 3.26. The van der Waals surface area contributed by atoms with Crippen LogP contribution in [0.2, 0.25) is 5.15 Å². The van der Waals surface area contributed by atoms with E-state index in [4.69, 9.17) is 16.3 Å². The number of halogens is 1. The fourth-order valence-corrected chi connectivity index (χ4v) is 2.78. The Labute approximate surface area is 127 Å². The highest BCUT2D eigenvalue weighted by atomic mass is 35.5. The van der Waals surface area contributed by atoms with Gasteiger partial charge in [0.1, 0.15) is 5.15 Å². The Morgan fingerprint density at radius 3 is 2.70 bits per heavy atom. The minimum atomic E-state index is 0.140. The highest BCUT2D eigenvalue weighted by Crippen LogP contribution is 2.44. The number of rotatable bonds is 5. The summed E-state index contributed by atoms with van der Waals surface area (Å²) >= 11 is 5.89. The molecule has 1 fully saturated rings. The summed E-state index contributed by atoms with van der Waals surface area (Å²) in [5.74, 6) is 0.584. The predicted molar refractivity (Wildman–Crippen MR) is 84.4 cm³/mol. The SMILES string of the molecule is Cc1nc(Cl)ccc1NC1CC(OCC(C)C)C1(C)C. The standard InChI is InChI=1S/C16H25ClN2O/c1-10(2)9-20-14-8-13(16(14,4)5)19-12-6-7-15(17)18-11(12)3/h6-7,10,13-14,19H,8-9H2,1-5H3. The minimum Gasteiger partial charge on any atom is -0.380 e. The van der Waals surface area contributed by atoms with Gasteiger partial charge in [0.2, 0.25) is 0 Å². The second kappa shape index (κ2) is 5.90. The summed E-state index contributed by atoms with van der Waals surface area (Å²) in [6.45, 7) is 11.7. The molecule has 4 heteroatoms. The Kier molecular flexibility index (Phi) is 4.60. The first-order valence-corrected chi connectivity index (χ1v) is 7.69. The summed E-state index contributed by atoms with van der Waals surface area (Å²) in [5, 5.41) is 4.12. The molecule has 1 aliphatic carbocycles. The molecule has 0 amide bonds. The Morgan fingerprint density at radius 1 is 1.45 bits per heavy atom. The van der Waals surface area contributed by atoms with Crippen molar-refractivity contribution in [1.29, 1.82) is 0 Å². The molecule has 1 heterocycles. The van der Waals surface area contributed by atoms with E-state index in [0.717, 1.165) is 24.4 Å². The van der Waals surface area contributed by atoms with Crippen molar-refractivity contribution in [2.75, 3.05) is 11.9 Å². The molecule has 1 saturated carbocycles. The Morgan fingerprint density at radius 2 is 2.15 bits per heavy atom. The summed E-state index contributed by atoms with van der Waals surface area (Å²) < 4.78 is 6.00. The molecule has 0 spiro atoms. The van der Waals surface area contributed by atoms with Crippen LogP contribution in [0.4, 0.5) is 5.69 Å². The number of nitrogens with one attached hydrogen (secondary N) is 1. The average molecular weight is 297 g/mol. The van der Waals surface area contributed by atoms with Gasteiger partial charge in [0.05, 0.1) is 17.5 Å². The number of aromatic nitrogens is 1. The Hall–Kier alpha value is -0.800. The van der Waals surface area contributed by atoms with Crippen molar-refractivity contribution in [3.05, 3.63) is 23.0 Å². The van der Waals surface area contributed by atoms with Gasteiger partial charge in [-0.3, -0.25) is 0 Å². The van der Waals surface area contributed by atoms with Crippen molar-refractivity contribution < 1.29 is 4.74 Å². The average Bonchev–Trinajstić information content (AvgIpc) is 2.34. The number of hydrogen-bond acceptors (Lipinski definition) is 3. The number of hydrogen-bond donors (Lipinski definition) is 1. The highest BCUT2D eigenvalue weighted by molar-refractivity contribution is 6.29. The van der Waals surface area contributed by atoms with E-state index in [1.165, 1.54) is 0 Å². The molecular weight excluding hydrogens is 272 g/mol. The summed E-state index contributed by atoms with van der Waals surface area (Å²) in [4.78, 5) is 4.28. The fraction of sp³-hybridized carbons (Fsp3) is 0.688. The van der Waals surface area contributed by atoms with E-state index >= 15 is 0 Å². The van der Waals surface area contributed by atoms with Gasteiger partial charge < -0.3 is 10.1 Å². The van der Waals surface area contributed by atoms with Crippen molar-refractivity contribution in [2.45, 2.75) is 53.2 Å². The van der Waals surface area contributed by atoms with Gasteiger partial charge in [0.15, 0.2) is 0 Å². The molecule has 2 unspecified atom stereocenters. The van der Waals surface area contributed by atoms with Crippen LogP contribution in [-0.4, -0.2) is 23.7 Å². The van der Waals surface area contributed by atoms with Crippen LogP contribution in [0.25, 0.3) is 0 Å². The van der Waals surface area contributed by atoms with Gasteiger partial charge in [-0.15, -0.1) is 0 Å². The van der Waals surface area contributed by atoms with E-state index < -0.39 is 0 Å². The predicted octanol–water partition coefficient (Wildman–Crippen LogP) is 4.30. The lowest BCUT2D eigenvalue weighted by Gasteiger charge is -2.52. The van der Waals surface area contributed by atoms with Crippen molar-refractivity contribution in [1.82, 2.24) is 4.98 Å². The van der Waals surface area contributed by atoms with Crippen molar-refractivity contribution >= 4 is 17.3 Å². The fourth-order valence-electron chi connectivity index (χ4n) is 2.59. The van der Waals surface area contributed by atoms with Crippen LogP contribution in [-0.2, 0) is 4.74 Å². The monoisotopic (exact) mass is 296 g/mol. The van der Waals surface area contributed by atoms with E-state index in [0.29, 0.717) is 23.2 Å². The van der Waals surface area contributed by atoms with Crippen molar-refractivity contribution in [3.8, 4) is 0 Å². The third-order valence-electron chi connectivity index (χ3n) is 4.19. The molecule has 1 N–H and O–H groups in total. The van der Waals surface area contributed by atoms with E-state index in [2.05, 4.69) is 38.0 Å². The van der Waals surface area contributed by atoms with Gasteiger partial charge in [-0.25, -0.2) is 4.98 Å². The summed E-state index contributed by atoms with van der Waals surface area (Å²) in [5.41, 5.74) is 2.15. The number of ether oxygens (including phenoxy) is 1.